The normalized spacial score (nSPS) is 12.6. The number of rotatable bonds is 8. The van der Waals surface area contributed by atoms with E-state index in [-0.39, 0.29) is 6.54 Å². The van der Waals surface area contributed by atoms with Crippen LogP contribution in [0.3, 0.4) is 0 Å². The average molecular weight is 404 g/mol. The average Bonchev–Trinajstić information content (AvgIpc) is 3.03. The van der Waals surface area contributed by atoms with Gasteiger partial charge in [0.05, 0.1) is 19.3 Å². The lowest BCUT2D eigenvalue weighted by Gasteiger charge is -2.15. The number of aryl methyl sites for hydroxylation is 2. The fraction of sp³-hybridized carbons (Fsp3) is 0.450. The molecule has 156 valence electrons. The minimum absolute atomic E-state index is 0.239. The molecule has 0 amide bonds. The number of fused-ring (bicyclic) bond motifs is 1. The molecule has 9 heteroatoms. The third-order valence-electron chi connectivity index (χ3n) is 4.88. The van der Waals surface area contributed by atoms with Crippen LogP contribution in [-0.4, -0.2) is 37.5 Å². The molecule has 8 nitrogen and oxygen atoms in total. The number of aliphatic hydroxyl groups excluding tert-OH is 1. The number of hydrogen-bond donors (Lipinski definition) is 1. The first-order chi connectivity index (χ1) is 13.9. The van der Waals surface area contributed by atoms with Crippen LogP contribution in [0.25, 0.3) is 11.2 Å². The Bertz CT molecular complexity index is 1110. The fourth-order valence-electron chi connectivity index (χ4n) is 3.40. The molecule has 0 aliphatic heterocycles. The summed E-state index contributed by atoms with van der Waals surface area (Å²) in [6.07, 6.45) is -0.456. The van der Waals surface area contributed by atoms with E-state index in [1.165, 1.54) is 28.8 Å². The first-order valence-electron chi connectivity index (χ1n) is 9.52. The summed E-state index contributed by atoms with van der Waals surface area (Å²) in [7, 11) is 1.57. The van der Waals surface area contributed by atoms with E-state index < -0.39 is 23.2 Å². The summed E-state index contributed by atoms with van der Waals surface area (Å²) in [6.45, 7) is 4.65. The lowest BCUT2D eigenvalue weighted by Crippen LogP contribution is -2.42. The molecule has 1 atom stereocenters. The SMILES string of the molecule is CCCn1c(=O)n(C[C@H](O)c2ccc(F)cc2)c(=O)c2c1nc(C)n2CCOC. The number of aliphatic hydroxyl groups is 1. The van der Waals surface area contributed by atoms with Crippen LogP contribution >= 0.6 is 0 Å². The molecule has 2 aromatic heterocycles. The zero-order valence-electron chi connectivity index (χ0n) is 16.8. The number of halogens is 1. The van der Waals surface area contributed by atoms with E-state index in [4.69, 9.17) is 4.74 Å². The van der Waals surface area contributed by atoms with Gasteiger partial charge in [-0.15, -0.1) is 0 Å². The van der Waals surface area contributed by atoms with Gasteiger partial charge in [0.15, 0.2) is 11.2 Å². The van der Waals surface area contributed by atoms with Crippen molar-refractivity contribution in [2.45, 2.75) is 46.0 Å². The molecule has 0 saturated heterocycles. The molecule has 0 aliphatic carbocycles. The lowest BCUT2D eigenvalue weighted by atomic mass is 10.1. The van der Waals surface area contributed by atoms with Gasteiger partial charge in [-0.2, -0.15) is 0 Å². The first-order valence-corrected chi connectivity index (χ1v) is 9.52. The highest BCUT2D eigenvalue weighted by atomic mass is 19.1. The van der Waals surface area contributed by atoms with Crippen molar-refractivity contribution in [1.29, 1.82) is 0 Å². The van der Waals surface area contributed by atoms with Gasteiger partial charge in [-0.1, -0.05) is 19.1 Å². The molecule has 3 rings (SSSR count). The van der Waals surface area contributed by atoms with Crippen molar-refractivity contribution in [2.75, 3.05) is 13.7 Å². The van der Waals surface area contributed by atoms with E-state index in [0.29, 0.717) is 48.7 Å². The lowest BCUT2D eigenvalue weighted by molar-refractivity contribution is 0.152. The molecular weight excluding hydrogens is 379 g/mol. The van der Waals surface area contributed by atoms with Crippen molar-refractivity contribution in [3.05, 3.63) is 62.3 Å². The van der Waals surface area contributed by atoms with E-state index in [2.05, 4.69) is 4.98 Å². The number of methoxy groups -OCH3 is 1. The maximum Gasteiger partial charge on any atom is 0.332 e. The van der Waals surface area contributed by atoms with Crippen LogP contribution in [0.15, 0.2) is 33.9 Å². The van der Waals surface area contributed by atoms with E-state index in [0.717, 1.165) is 4.57 Å². The Morgan fingerprint density at radius 1 is 1.14 bits per heavy atom. The molecular formula is C20H25FN4O4. The van der Waals surface area contributed by atoms with Gasteiger partial charge < -0.3 is 14.4 Å². The van der Waals surface area contributed by atoms with E-state index >= 15 is 0 Å². The fourth-order valence-corrected chi connectivity index (χ4v) is 3.40. The van der Waals surface area contributed by atoms with Crippen molar-refractivity contribution in [3.63, 3.8) is 0 Å². The second-order valence-corrected chi connectivity index (χ2v) is 6.89. The zero-order valence-corrected chi connectivity index (χ0v) is 16.8. The Kier molecular flexibility index (Phi) is 6.29. The van der Waals surface area contributed by atoms with E-state index in [1.807, 2.05) is 6.92 Å². The van der Waals surface area contributed by atoms with Crippen LogP contribution in [0.2, 0.25) is 0 Å². The predicted molar refractivity (Wildman–Crippen MR) is 107 cm³/mol. The van der Waals surface area contributed by atoms with Gasteiger partial charge in [0.1, 0.15) is 11.6 Å². The second kappa shape index (κ2) is 8.71. The third kappa shape index (κ3) is 4.01. The maximum absolute atomic E-state index is 13.2. The number of ether oxygens (including phenoxy) is 1. The summed E-state index contributed by atoms with van der Waals surface area (Å²) in [5.74, 6) is 0.178. The van der Waals surface area contributed by atoms with Crippen LogP contribution in [0, 0.1) is 12.7 Å². The van der Waals surface area contributed by atoms with E-state index in [1.54, 1.807) is 18.6 Å². The minimum atomic E-state index is -1.13. The molecule has 0 radical (unpaired) electrons. The van der Waals surface area contributed by atoms with Gasteiger partial charge in [0, 0.05) is 20.2 Å². The largest absolute Gasteiger partial charge is 0.387 e. The van der Waals surface area contributed by atoms with Gasteiger partial charge in [0.2, 0.25) is 0 Å². The molecule has 0 saturated carbocycles. The van der Waals surface area contributed by atoms with Crippen molar-refractivity contribution < 1.29 is 14.2 Å². The summed E-state index contributed by atoms with van der Waals surface area (Å²) < 4.78 is 22.5. The molecule has 0 bridgehead atoms. The topological polar surface area (TPSA) is 91.3 Å². The smallest absolute Gasteiger partial charge is 0.332 e. The van der Waals surface area contributed by atoms with Gasteiger partial charge >= 0.3 is 5.69 Å². The van der Waals surface area contributed by atoms with Gasteiger partial charge in [-0.25, -0.2) is 14.2 Å². The molecule has 1 N–H and O–H groups in total. The number of hydrogen-bond acceptors (Lipinski definition) is 5. The summed E-state index contributed by atoms with van der Waals surface area (Å²) in [6, 6.07) is 5.31. The molecule has 3 aromatic rings. The Morgan fingerprint density at radius 3 is 2.45 bits per heavy atom. The Hall–Kier alpha value is -2.78. The first kappa shape index (κ1) is 20.9. The van der Waals surface area contributed by atoms with Gasteiger partial charge in [-0.05, 0) is 31.0 Å². The summed E-state index contributed by atoms with van der Waals surface area (Å²) >= 11 is 0. The predicted octanol–water partition coefficient (Wildman–Crippen LogP) is 1.60. The van der Waals surface area contributed by atoms with Crippen molar-refractivity contribution in [1.82, 2.24) is 18.7 Å². The number of benzene rings is 1. The monoisotopic (exact) mass is 404 g/mol. The molecule has 2 heterocycles. The Balaban J connectivity index is 2.16. The maximum atomic E-state index is 13.2. The molecule has 1 aromatic carbocycles. The van der Waals surface area contributed by atoms with Crippen molar-refractivity contribution in [3.8, 4) is 0 Å². The van der Waals surface area contributed by atoms with Crippen molar-refractivity contribution >= 4 is 11.2 Å². The number of aromatic nitrogens is 4. The van der Waals surface area contributed by atoms with Crippen LogP contribution in [0.1, 0.15) is 30.8 Å². The molecule has 0 unspecified atom stereocenters. The third-order valence-corrected chi connectivity index (χ3v) is 4.88. The standard InChI is InChI=1S/C20H25FN4O4/c1-4-9-24-18-17(23(10-11-29-3)13(2)22-18)19(27)25(20(24)28)12-16(26)14-5-7-15(21)8-6-14/h5-8,16,26H,4,9-12H2,1-3H3/t16-/m0/s1. The molecule has 0 fully saturated rings. The molecule has 0 aliphatic rings. The van der Waals surface area contributed by atoms with E-state index in [9.17, 15) is 19.1 Å². The van der Waals surface area contributed by atoms with Gasteiger partial charge in [0.25, 0.3) is 5.56 Å². The summed E-state index contributed by atoms with van der Waals surface area (Å²) in [5, 5.41) is 10.5. The van der Waals surface area contributed by atoms with Crippen molar-refractivity contribution in [2.24, 2.45) is 0 Å². The molecule has 0 spiro atoms. The Labute approximate surface area is 166 Å². The molecule has 29 heavy (non-hydrogen) atoms. The zero-order chi connectivity index (χ0) is 21.1. The van der Waals surface area contributed by atoms with Crippen LogP contribution < -0.4 is 11.2 Å². The Morgan fingerprint density at radius 2 is 1.83 bits per heavy atom. The second-order valence-electron chi connectivity index (χ2n) is 6.89. The van der Waals surface area contributed by atoms with Crippen LogP contribution in [-0.2, 0) is 24.4 Å². The van der Waals surface area contributed by atoms with Crippen LogP contribution in [0.5, 0.6) is 0 Å². The van der Waals surface area contributed by atoms with Gasteiger partial charge in [-0.3, -0.25) is 13.9 Å². The highest BCUT2D eigenvalue weighted by Gasteiger charge is 2.21. The number of imidazole rings is 1. The highest BCUT2D eigenvalue weighted by Crippen LogP contribution is 2.16. The van der Waals surface area contributed by atoms with Crippen LogP contribution in [0.4, 0.5) is 4.39 Å². The number of nitrogens with zero attached hydrogens (tertiary/aromatic N) is 4. The summed E-state index contributed by atoms with van der Waals surface area (Å²) in [4.78, 5) is 30.7. The quantitative estimate of drug-likeness (QED) is 0.616. The summed E-state index contributed by atoms with van der Waals surface area (Å²) in [5.41, 5.74) is 0.0166. The highest BCUT2D eigenvalue weighted by molar-refractivity contribution is 5.71. The minimum Gasteiger partial charge on any atom is -0.387 e.